The zero-order valence-electron chi connectivity index (χ0n) is 15.8. The van der Waals surface area contributed by atoms with Crippen LogP contribution in [0.3, 0.4) is 0 Å². The number of ether oxygens (including phenoxy) is 1. The van der Waals surface area contributed by atoms with Gasteiger partial charge in [-0.2, -0.15) is 0 Å². The van der Waals surface area contributed by atoms with Gasteiger partial charge in [0.05, 0.1) is 13.2 Å². The first-order valence-corrected chi connectivity index (χ1v) is 9.82. The number of hydrogen-bond donors (Lipinski definition) is 3. The van der Waals surface area contributed by atoms with Gasteiger partial charge in [-0.25, -0.2) is 0 Å². The highest BCUT2D eigenvalue weighted by Crippen LogP contribution is 2.31. The summed E-state index contributed by atoms with van der Waals surface area (Å²) in [6, 6.07) is 0.526. The molecule has 0 unspecified atom stereocenters. The summed E-state index contributed by atoms with van der Waals surface area (Å²) in [6.45, 7) is 9.98. The molecule has 3 N–H and O–H groups in total. The number of nitrogens with zero attached hydrogens (tertiary/aromatic N) is 1. The van der Waals surface area contributed by atoms with Gasteiger partial charge in [0.15, 0.2) is 5.96 Å². The van der Waals surface area contributed by atoms with Gasteiger partial charge in [-0.3, -0.25) is 4.99 Å². The molecule has 2 fully saturated rings. The number of nitrogens with one attached hydrogen (secondary N) is 2. The molecule has 0 atom stereocenters. The summed E-state index contributed by atoms with van der Waals surface area (Å²) < 4.78 is 5.44. The molecule has 0 aromatic rings. The second-order valence-corrected chi connectivity index (χ2v) is 7.97. The van der Waals surface area contributed by atoms with Gasteiger partial charge in [-0.15, -0.1) is 0 Å². The Labute approximate surface area is 147 Å². The van der Waals surface area contributed by atoms with Crippen LogP contribution in [0.4, 0.5) is 0 Å². The van der Waals surface area contributed by atoms with Crippen molar-refractivity contribution in [3.05, 3.63) is 0 Å². The lowest BCUT2D eigenvalue weighted by atomic mass is 9.80. The standard InChI is InChI=1S/C19H37N3O2/c1-4-20-18(21-13-19(14-23)9-11-24-12-10-19)22-17-7-5-16(6-8-17)15(2)3/h15-17,23H,4-14H2,1-3H3,(H2,20,21,22). The highest BCUT2D eigenvalue weighted by Gasteiger charge is 2.32. The highest BCUT2D eigenvalue weighted by atomic mass is 16.5. The first-order chi connectivity index (χ1) is 11.6. The van der Waals surface area contributed by atoms with Gasteiger partial charge >= 0.3 is 0 Å². The molecular weight excluding hydrogens is 302 g/mol. The van der Waals surface area contributed by atoms with Gasteiger partial charge in [-0.05, 0) is 57.3 Å². The summed E-state index contributed by atoms with van der Waals surface area (Å²) in [5.74, 6) is 2.58. The summed E-state index contributed by atoms with van der Waals surface area (Å²) >= 11 is 0. The normalized spacial score (nSPS) is 28.0. The summed E-state index contributed by atoms with van der Waals surface area (Å²) in [4.78, 5) is 4.81. The average molecular weight is 340 g/mol. The van der Waals surface area contributed by atoms with E-state index in [1.165, 1.54) is 25.7 Å². The minimum absolute atomic E-state index is 0.101. The SMILES string of the molecule is CCNC(=NCC1(CO)CCOCC1)NC1CCC(C(C)C)CC1. The lowest BCUT2D eigenvalue weighted by Gasteiger charge is -2.35. The van der Waals surface area contributed by atoms with Gasteiger partial charge in [0, 0.05) is 31.2 Å². The van der Waals surface area contributed by atoms with Crippen molar-refractivity contribution in [3.8, 4) is 0 Å². The van der Waals surface area contributed by atoms with Crippen LogP contribution in [-0.4, -0.2) is 50.0 Å². The van der Waals surface area contributed by atoms with Crippen molar-refractivity contribution in [3.63, 3.8) is 0 Å². The number of aliphatic imine (C=N–C) groups is 1. The molecule has 5 heteroatoms. The number of aliphatic hydroxyl groups excluding tert-OH is 1. The fraction of sp³-hybridized carbons (Fsp3) is 0.947. The van der Waals surface area contributed by atoms with E-state index in [-0.39, 0.29) is 12.0 Å². The topological polar surface area (TPSA) is 65.9 Å². The van der Waals surface area contributed by atoms with E-state index in [9.17, 15) is 5.11 Å². The molecule has 0 aromatic heterocycles. The monoisotopic (exact) mass is 339 g/mol. The second kappa shape index (κ2) is 9.62. The molecule has 0 bridgehead atoms. The number of guanidine groups is 1. The molecule has 1 aliphatic heterocycles. The Morgan fingerprint density at radius 1 is 1.21 bits per heavy atom. The summed E-state index contributed by atoms with van der Waals surface area (Å²) in [6.07, 6.45) is 6.87. The van der Waals surface area contributed by atoms with Crippen molar-refractivity contribution in [2.45, 2.75) is 65.3 Å². The van der Waals surface area contributed by atoms with Crippen molar-refractivity contribution >= 4 is 5.96 Å². The Morgan fingerprint density at radius 2 is 1.88 bits per heavy atom. The van der Waals surface area contributed by atoms with Crippen molar-refractivity contribution in [2.24, 2.45) is 22.2 Å². The van der Waals surface area contributed by atoms with Crippen LogP contribution < -0.4 is 10.6 Å². The van der Waals surface area contributed by atoms with E-state index >= 15 is 0 Å². The molecule has 24 heavy (non-hydrogen) atoms. The Balaban J connectivity index is 1.89. The van der Waals surface area contributed by atoms with E-state index in [4.69, 9.17) is 9.73 Å². The predicted molar refractivity (Wildman–Crippen MR) is 99.3 cm³/mol. The van der Waals surface area contributed by atoms with E-state index in [0.29, 0.717) is 12.6 Å². The molecule has 1 heterocycles. The first kappa shape index (κ1) is 19.5. The minimum Gasteiger partial charge on any atom is -0.396 e. The summed E-state index contributed by atoms with van der Waals surface area (Å²) in [7, 11) is 0. The first-order valence-electron chi connectivity index (χ1n) is 9.82. The van der Waals surface area contributed by atoms with Crippen LogP contribution in [-0.2, 0) is 4.74 Å². The van der Waals surface area contributed by atoms with E-state index in [1.54, 1.807) is 0 Å². The van der Waals surface area contributed by atoms with E-state index in [2.05, 4.69) is 31.4 Å². The molecule has 140 valence electrons. The van der Waals surface area contributed by atoms with Crippen molar-refractivity contribution in [1.29, 1.82) is 0 Å². The molecule has 1 aliphatic carbocycles. The highest BCUT2D eigenvalue weighted by molar-refractivity contribution is 5.80. The third kappa shape index (κ3) is 5.62. The Morgan fingerprint density at radius 3 is 2.42 bits per heavy atom. The largest absolute Gasteiger partial charge is 0.396 e. The van der Waals surface area contributed by atoms with Crippen LogP contribution in [0, 0.1) is 17.3 Å². The van der Waals surface area contributed by atoms with Crippen molar-refractivity contribution in [2.75, 3.05) is 32.9 Å². The Hall–Kier alpha value is -0.810. The van der Waals surface area contributed by atoms with Crippen molar-refractivity contribution in [1.82, 2.24) is 10.6 Å². The molecule has 0 spiro atoms. The Kier molecular flexibility index (Phi) is 7.82. The van der Waals surface area contributed by atoms with Crippen LogP contribution in [0.15, 0.2) is 4.99 Å². The zero-order valence-corrected chi connectivity index (χ0v) is 15.8. The molecule has 0 amide bonds. The van der Waals surface area contributed by atoms with Gasteiger partial charge in [-0.1, -0.05) is 13.8 Å². The van der Waals surface area contributed by atoms with Crippen LogP contribution in [0.25, 0.3) is 0 Å². The number of hydrogen-bond acceptors (Lipinski definition) is 3. The Bertz CT molecular complexity index is 384. The van der Waals surface area contributed by atoms with E-state index in [0.717, 1.165) is 50.4 Å². The molecule has 1 saturated carbocycles. The van der Waals surface area contributed by atoms with Crippen LogP contribution in [0.5, 0.6) is 0 Å². The molecular formula is C19H37N3O2. The summed E-state index contributed by atoms with van der Waals surface area (Å²) in [5.41, 5.74) is -0.101. The summed E-state index contributed by atoms with van der Waals surface area (Å²) in [5, 5.41) is 16.8. The third-order valence-corrected chi connectivity index (χ3v) is 5.86. The fourth-order valence-electron chi connectivity index (χ4n) is 3.86. The lowest BCUT2D eigenvalue weighted by molar-refractivity contribution is -0.0106. The molecule has 1 saturated heterocycles. The van der Waals surface area contributed by atoms with Crippen LogP contribution in [0.1, 0.15) is 59.3 Å². The molecule has 2 rings (SSSR count). The molecule has 0 radical (unpaired) electrons. The van der Waals surface area contributed by atoms with E-state index < -0.39 is 0 Å². The lowest BCUT2D eigenvalue weighted by Crippen LogP contribution is -2.46. The minimum atomic E-state index is -0.101. The quantitative estimate of drug-likeness (QED) is 0.514. The maximum absolute atomic E-state index is 9.82. The van der Waals surface area contributed by atoms with Gasteiger partial charge in [0.25, 0.3) is 0 Å². The number of rotatable bonds is 6. The van der Waals surface area contributed by atoms with Gasteiger partial charge < -0.3 is 20.5 Å². The van der Waals surface area contributed by atoms with E-state index in [1.807, 2.05) is 0 Å². The zero-order chi connectivity index (χ0) is 17.4. The average Bonchev–Trinajstić information content (AvgIpc) is 2.61. The maximum atomic E-state index is 9.82. The van der Waals surface area contributed by atoms with Gasteiger partial charge in [0.1, 0.15) is 0 Å². The third-order valence-electron chi connectivity index (χ3n) is 5.86. The second-order valence-electron chi connectivity index (χ2n) is 7.97. The molecule has 0 aromatic carbocycles. The fourth-order valence-corrected chi connectivity index (χ4v) is 3.86. The smallest absolute Gasteiger partial charge is 0.191 e. The van der Waals surface area contributed by atoms with Crippen LogP contribution >= 0.6 is 0 Å². The van der Waals surface area contributed by atoms with Crippen LogP contribution in [0.2, 0.25) is 0 Å². The molecule has 2 aliphatic rings. The van der Waals surface area contributed by atoms with Gasteiger partial charge in [0.2, 0.25) is 0 Å². The van der Waals surface area contributed by atoms with Crippen molar-refractivity contribution < 1.29 is 9.84 Å². The predicted octanol–water partition coefficient (Wildman–Crippen LogP) is 2.55. The number of aliphatic hydroxyl groups is 1. The molecule has 5 nitrogen and oxygen atoms in total. The maximum Gasteiger partial charge on any atom is 0.191 e.